The number of hydrogen-bond acceptors (Lipinski definition) is 4. The molecule has 6 heteroatoms. The second kappa shape index (κ2) is 7.04. The Morgan fingerprint density at radius 3 is 2.40 bits per heavy atom. The Hall–Kier alpha value is -1.95. The van der Waals surface area contributed by atoms with Gasteiger partial charge in [-0.25, -0.2) is 0 Å². The van der Waals surface area contributed by atoms with Crippen molar-refractivity contribution in [2.75, 3.05) is 26.2 Å². The second-order valence-corrected chi connectivity index (χ2v) is 10.6. The smallest absolute Gasteiger partial charge is 0.251 e. The van der Waals surface area contributed by atoms with Crippen LogP contribution in [-0.2, 0) is 9.53 Å². The summed E-state index contributed by atoms with van der Waals surface area (Å²) in [5.74, 6) is 3.31. The number of likely N-dealkylation sites (tertiary alicyclic amines) is 1. The molecule has 2 aliphatic heterocycles. The third-order valence-electron chi connectivity index (χ3n) is 8.69. The van der Waals surface area contributed by atoms with Crippen molar-refractivity contribution in [2.45, 2.75) is 44.6 Å². The van der Waals surface area contributed by atoms with E-state index in [1.165, 1.54) is 19.3 Å². The van der Waals surface area contributed by atoms with Crippen LogP contribution in [0.1, 0.15) is 48.9 Å². The number of carbonyl (C=O) groups is 2. The van der Waals surface area contributed by atoms with Gasteiger partial charge in [-0.05, 0) is 68.4 Å². The number of rotatable bonds is 4. The van der Waals surface area contributed by atoms with Crippen LogP contribution < -0.4 is 5.32 Å². The van der Waals surface area contributed by atoms with E-state index in [1.807, 2.05) is 0 Å². The molecule has 6 fully saturated rings. The maximum Gasteiger partial charge on any atom is 0.251 e. The molecule has 160 valence electrons. The summed E-state index contributed by atoms with van der Waals surface area (Å²) in [6.45, 7) is 2.80. The van der Waals surface area contributed by atoms with Crippen LogP contribution >= 0.6 is 0 Å². The number of hydrogen-bond donors (Lipinski definition) is 1. The van der Waals surface area contributed by atoms with Crippen molar-refractivity contribution >= 4 is 11.8 Å². The van der Waals surface area contributed by atoms with Crippen molar-refractivity contribution in [3.8, 4) is 0 Å². The van der Waals surface area contributed by atoms with Crippen LogP contribution in [0.5, 0.6) is 0 Å². The quantitative estimate of drug-likeness (QED) is 0.829. The number of pyridine rings is 1. The minimum Gasteiger partial charge on any atom is -0.376 e. The monoisotopic (exact) mass is 409 g/mol. The van der Waals surface area contributed by atoms with Crippen molar-refractivity contribution in [1.82, 2.24) is 15.2 Å². The highest BCUT2D eigenvalue weighted by Crippen LogP contribution is 2.60. The number of ether oxygens (including phenoxy) is 1. The highest BCUT2D eigenvalue weighted by Gasteiger charge is 2.57. The Labute approximate surface area is 177 Å². The summed E-state index contributed by atoms with van der Waals surface area (Å²) in [6, 6.07) is 3.45. The fourth-order valence-corrected chi connectivity index (χ4v) is 7.71. The van der Waals surface area contributed by atoms with E-state index in [0.29, 0.717) is 30.5 Å². The van der Waals surface area contributed by atoms with Gasteiger partial charge in [-0.3, -0.25) is 14.6 Å². The largest absolute Gasteiger partial charge is 0.376 e. The van der Waals surface area contributed by atoms with Gasteiger partial charge in [0.15, 0.2) is 0 Å². The van der Waals surface area contributed by atoms with Gasteiger partial charge in [0.1, 0.15) is 0 Å². The molecule has 1 aromatic rings. The molecule has 4 saturated carbocycles. The van der Waals surface area contributed by atoms with Crippen molar-refractivity contribution in [3.63, 3.8) is 0 Å². The van der Waals surface area contributed by atoms with E-state index in [-0.39, 0.29) is 23.3 Å². The Morgan fingerprint density at radius 1 is 1.07 bits per heavy atom. The molecule has 2 amide bonds. The van der Waals surface area contributed by atoms with Gasteiger partial charge in [0.2, 0.25) is 5.91 Å². The average Bonchev–Trinajstić information content (AvgIpc) is 3.32. The van der Waals surface area contributed by atoms with Crippen molar-refractivity contribution in [2.24, 2.45) is 35.0 Å². The summed E-state index contributed by atoms with van der Waals surface area (Å²) in [5, 5.41) is 3.06. The van der Waals surface area contributed by atoms with Gasteiger partial charge in [0.25, 0.3) is 5.91 Å². The van der Waals surface area contributed by atoms with Gasteiger partial charge < -0.3 is 15.0 Å². The Kier molecular flexibility index (Phi) is 4.41. The van der Waals surface area contributed by atoms with Crippen LogP contribution in [-0.4, -0.2) is 54.0 Å². The summed E-state index contributed by atoms with van der Waals surface area (Å²) in [5.41, 5.74) is 0.559. The van der Waals surface area contributed by atoms with Crippen LogP contribution in [0.15, 0.2) is 24.5 Å². The molecule has 0 aromatic carbocycles. The van der Waals surface area contributed by atoms with Crippen LogP contribution in [0.4, 0.5) is 0 Å². The molecule has 0 spiro atoms. The van der Waals surface area contributed by atoms with E-state index in [1.54, 1.807) is 24.5 Å². The van der Waals surface area contributed by atoms with E-state index >= 15 is 0 Å². The van der Waals surface area contributed by atoms with Gasteiger partial charge >= 0.3 is 0 Å². The van der Waals surface area contributed by atoms with Crippen LogP contribution in [0.2, 0.25) is 0 Å². The van der Waals surface area contributed by atoms with E-state index < -0.39 is 0 Å². The summed E-state index contributed by atoms with van der Waals surface area (Å²) >= 11 is 0. The number of nitrogens with one attached hydrogen (secondary N) is 1. The lowest BCUT2D eigenvalue weighted by Crippen LogP contribution is -2.54. The molecule has 2 saturated heterocycles. The van der Waals surface area contributed by atoms with Crippen LogP contribution in [0, 0.1) is 35.0 Å². The number of fused-ring (bicyclic) bond motifs is 1. The second-order valence-electron chi connectivity index (χ2n) is 10.6. The molecule has 30 heavy (non-hydrogen) atoms. The topological polar surface area (TPSA) is 71.5 Å². The molecule has 1 N–H and O–H groups in total. The van der Waals surface area contributed by atoms with Crippen LogP contribution in [0.3, 0.4) is 0 Å². The lowest BCUT2D eigenvalue weighted by atomic mass is 9.49. The number of nitrogens with zero attached hydrogens (tertiary/aromatic N) is 2. The first-order valence-electron chi connectivity index (χ1n) is 11.7. The molecule has 0 unspecified atom stereocenters. The predicted octanol–water partition coefficient (Wildman–Crippen LogP) is 2.50. The molecule has 4 aliphatic carbocycles. The standard InChI is InChI=1S/C24H31N3O3/c28-22(18-1-3-25-4-2-18)26-11-19-14-30-21-13-27(12-20(19)21)23(29)24-8-15-5-16(9-24)7-17(6-15)10-24/h1-4,15-17,19-21H,5-14H2,(H,26,28)/t15?,16?,17?,19-,20-,21-,24?/m1/s1. The highest BCUT2D eigenvalue weighted by atomic mass is 16.5. The van der Waals surface area contributed by atoms with Gasteiger partial charge in [-0.2, -0.15) is 0 Å². The molecule has 4 bridgehead atoms. The zero-order chi connectivity index (χ0) is 20.3. The number of carbonyl (C=O) groups excluding carboxylic acids is 2. The molecule has 0 radical (unpaired) electrons. The Bertz CT molecular complexity index is 806. The third kappa shape index (κ3) is 3.06. The molecular formula is C24H31N3O3. The van der Waals surface area contributed by atoms with Gasteiger partial charge in [0, 0.05) is 49.4 Å². The van der Waals surface area contributed by atoms with Crippen LogP contribution in [0.25, 0.3) is 0 Å². The maximum atomic E-state index is 13.7. The molecule has 7 rings (SSSR count). The first-order chi connectivity index (χ1) is 14.6. The first kappa shape index (κ1) is 18.8. The summed E-state index contributed by atoms with van der Waals surface area (Å²) in [6.07, 6.45) is 10.8. The van der Waals surface area contributed by atoms with E-state index in [2.05, 4.69) is 15.2 Å². The number of aromatic nitrogens is 1. The van der Waals surface area contributed by atoms with E-state index in [4.69, 9.17) is 4.74 Å². The molecule has 6 nitrogen and oxygen atoms in total. The molecule has 3 heterocycles. The maximum absolute atomic E-state index is 13.7. The predicted molar refractivity (Wildman–Crippen MR) is 110 cm³/mol. The Balaban J connectivity index is 1.09. The summed E-state index contributed by atoms with van der Waals surface area (Å²) in [7, 11) is 0. The lowest BCUT2D eigenvalue weighted by Gasteiger charge is -2.56. The van der Waals surface area contributed by atoms with Gasteiger partial charge in [-0.15, -0.1) is 0 Å². The molecule has 1 aromatic heterocycles. The van der Waals surface area contributed by atoms with Crippen molar-refractivity contribution in [3.05, 3.63) is 30.1 Å². The molecule has 6 aliphatic rings. The number of amides is 2. The molecular weight excluding hydrogens is 378 g/mol. The third-order valence-corrected chi connectivity index (χ3v) is 8.69. The minimum atomic E-state index is -0.0710. The zero-order valence-corrected chi connectivity index (χ0v) is 17.5. The highest BCUT2D eigenvalue weighted by molar-refractivity contribution is 5.93. The van der Waals surface area contributed by atoms with Crippen molar-refractivity contribution < 1.29 is 14.3 Å². The lowest BCUT2D eigenvalue weighted by molar-refractivity contribution is -0.157. The Morgan fingerprint density at radius 2 is 1.73 bits per heavy atom. The fourth-order valence-electron chi connectivity index (χ4n) is 7.71. The normalized spacial score (nSPS) is 41.1. The molecule has 3 atom stereocenters. The first-order valence-corrected chi connectivity index (χ1v) is 11.7. The fraction of sp³-hybridized carbons (Fsp3) is 0.708. The van der Waals surface area contributed by atoms with Gasteiger partial charge in [-0.1, -0.05) is 0 Å². The van der Waals surface area contributed by atoms with Crippen molar-refractivity contribution in [1.29, 1.82) is 0 Å². The van der Waals surface area contributed by atoms with E-state index in [9.17, 15) is 9.59 Å². The average molecular weight is 410 g/mol. The van der Waals surface area contributed by atoms with Gasteiger partial charge in [0.05, 0.1) is 18.1 Å². The zero-order valence-electron chi connectivity index (χ0n) is 17.5. The summed E-state index contributed by atoms with van der Waals surface area (Å²) in [4.78, 5) is 32.2. The SMILES string of the molecule is O=C(NC[C@@H]1CO[C@@H]2CN(C(=O)C34CC5CC(CC(C5)C3)C4)C[C@H]12)c1ccncc1. The summed E-state index contributed by atoms with van der Waals surface area (Å²) < 4.78 is 6.07. The minimum absolute atomic E-state index is 0.0691. The van der Waals surface area contributed by atoms with E-state index in [0.717, 1.165) is 50.1 Å².